The molecule has 0 atom stereocenters. The second-order valence-corrected chi connectivity index (χ2v) is 3.98. The lowest BCUT2D eigenvalue weighted by atomic mass is 9.49. The van der Waals surface area contributed by atoms with Crippen molar-refractivity contribution >= 4 is 6.71 Å². The van der Waals surface area contributed by atoms with Gasteiger partial charge in [0.2, 0.25) is 0 Å². The van der Waals surface area contributed by atoms with E-state index in [4.69, 9.17) is 5.26 Å². The first-order chi connectivity index (χ1) is 5.16. The molecule has 0 unspecified atom stereocenters. The Balaban J connectivity index is 2.17. The molecule has 0 aromatic heterocycles. The molecule has 1 N–H and O–H groups in total. The molecule has 0 aromatic carbocycles. The molecule has 60 valence electrons. The summed E-state index contributed by atoms with van der Waals surface area (Å²) in [6.45, 7) is 6.77. The number of hydrogen-bond acceptors (Lipinski definition) is 2. The van der Waals surface area contributed by atoms with Gasteiger partial charge in [0.15, 0.2) is 0 Å². The minimum atomic E-state index is 0.229. The van der Waals surface area contributed by atoms with Crippen molar-refractivity contribution in [3.05, 3.63) is 0 Å². The summed E-state index contributed by atoms with van der Waals surface area (Å²) < 4.78 is 0. The van der Waals surface area contributed by atoms with Crippen LogP contribution < -0.4 is 5.32 Å². The Bertz CT molecular complexity index is 169. The van der Waals surface area contributed by atoms with Crippen molar-refractivity contribution in [3.8, 4) is 5.97 Å². The van der Waals surface area contributed by atoms with E-state index in [-0.39, 0.29) is 6.71 Å². The molecule has 0 radical (unpaired) electrons. The van der Waals surface area contributed by atoms with Crippen molar-refractivity contribution in [2.24, 2.45) is 5.41 Å². The molecule has 0 bridgehead atoms. The molecule has 1 aliphatic heterocycles. The van der Waals surface area contributed by atoms with Gasteiger partial charge in [-0.25, -0.2) is 5.26 Å². The predicted molar refractivity (Wildman–Crippen MR) is 47.6 cm³/mol. The van der Waals surface area contributed by atoms with Crippen LogP contribution in [0.4, 0.5) is 0 Å². The molecule has 11 heavy (non-hydrogen) atoms. The number of nitrogens with zero attached hydrogens (tertiary/aromatic N) is 1. The van der Waals surface area contributed by atoms with Gasteiger partial charge in [-0.3, -0.25) is 0 Å². The van der Waals surface area contributed by atoms with E-state index in [2.05, 4.69) is 18.2 Å². The molecule has 1 saturated heterocycles. The van der Waals surface area contributed by atoms with Crippen LogP contribution in [0.3, 0.4) is 0 Å². The lowest BCUT2D eigenvalue weighted by Gasteiger charge is -2.39. The zero-order valence-corrected chi connectivity index (χ0v) is 7.35. The maximum absolute atomic E-state index is 8.56. The lowest BCUT2D eigenvalue weighted by Crippen LogP contribution is -2.51. The molecule has 1 fully saturated rings. The molecule has 0 saturated carbocycles. The predicted octanol–water partition coefficient (Wildman–Crippen LogP) is 1.17. The third-order valence-electron chi connectivity index (χ3n) is 2.50. The van der Waals surface area contributed by atoms with Crippen LogP contribution in [-0.2, 0) is 0 Å². The molecule has 0 aliphatic carbocycles. The molecule has 1 aliphatic rings. The van der Waals surface area contributed by atoms with Crippen LogP contribution in [0.15, 0.2) is 0 Å². The topological polar surface area (TPSA) is 35.8 Å². The summed E-state index contributed by atoms with van der Waals surface area (Å²) in [4.78, 5) is 0. The Morgan fingerprint density at radius 2 is 2.27 bits per heavy atom. The average Bonchev–Trinajstić information content (AvgIpc) is 1.96. The molecule has 0 spiro atoms. The first-order valence-electron chi connectivity index (χ1n) is 4.27. The van der Waals surface area contributed by atoms with Gasteiger partial charge < -0.3 is 5.32 Å². The van der Waals surface area contributed by atoms with E-state index in [9.17, 15) is 0 Å². The van der Waals surface area contributed by atoms with Crippen molar-refractivity contribution in [1.29, 1.82) is 5.26 Å². The molecule has 1 rings (SSSR count). The fraction of sp³-hybridized carbons (Fsp3) is 0.875. The third-order valence-corrected chi connectivity index (χ3v) is 2.50. The smallest absolute Gasteiger partial charge is 0.264 e. The van der Waals surface area contributed by atoms with Crippen LogP contribution in [0, 0.1) is 16.6 Å². The molecule has 1 heterocycles. The van der Waals surface area contributed by atoms with Crippen LogP contribution in [0.25, 0.3) is 0 Å². The number of hydrogen-bond donors (Lipinski definition) is 1. The standard InChI is InChI=1S/C8H15BN2/c1-8(5-11-6-8)3-4-9(2)7-10/h11H,3-6H2,1-2H3. The third kappa shape index (κ3) is 2.23. The normalized spacial score (nSPS) is 20.1. The van der Waals surface area contributed by atoms with Gasteiger partial charge in [-0.2, -0.15) is 0 Å². The SMILES string of the molecule is CB(C#N)CCC1(C)CNC1. The molecule has 2 nitrogen and oxygen atoms in total. The van der Waals surface area contributed by atoms with E-state index in [1.54, 1.807) is 0 Å². The van der Waals surface area contributed by atoms with Crippen LogP contribution in [0.1, 0.15) is 13.3 Å². The van der Waals surface area contributed by atoms with E-state index in [1.165, 1.54) is 6.42 Å². The van der Waals surface area contributed by atoms with Crippen LogP contribution in [0.2, 0.25) is 13.1 Å². The maximum Gasteiger partial charge on any atom is 0.264 e. The quantitative estimate of drug-likeness (QED) is 0.613. The number of nitriles is 1. The number of rotatable bonds is 3. The molecule has 3 heteroatoms. The largest absolute Gasteiger partial charge is 0.316 e. The van der Waals surface area contributed by atoms with Crippen molar-refractivity contribution in [2.45, 2.75) is 26.5 Å². The highest BCUT2D eigenvalue weighted by atomic mass is 15.0. The highest BCUT2D eigenvalue weighted by Gasteiger charge is 2.31. The van der Waals surface area contributed by atoms with Gasteiger partial charge >= 0.3 is 0 Å². The van der Waals surface area contributed by atoms with Crippen molar-refractivity contribution in [3.63, 3.8) is 0 Å². The Labute approximate surface area is 69.1 Å². The fourth-order valence-corrected chi connectivity index (χ4v) is 1.36. The summed E-state index contributed by atoms with van der Waals surface area (Å²) in [6.07, 6.45) is 2.24. The van der Waals surface area contributed by atoms with Gasteiger partial charge in [0.25, 0.3) is 6.71 Å². The van der Waals surface area contributed by atoms with Gasteiger partial charge in [-0.15, -0.1) is 0 Å². The van der Waals surface area contributed by atoms with Crippen LogP contribution >= 0.6 is 0 Å². The summed E-state index contributed by atoms with van der Waals surface area (Å²) in [5, 5.41) is 11.8. The van der Waals surface area contributed by atoms with Gasteiger partial charge in [-0.1, -0.05) is 26.5 Å². The summed E-state index contributed by atoms with van der Waals surface area (Å²) >= 11 is 0. The second kappa shape index (κ2) is 3.27. The van der Waals surface area contributed by atoms with Crippen LogP contribution in [-0.4, -0.2) is 19.8 Å². The van der Waals surface area contributed by atoms with Gasteiger partial charge in [-0.05, 0) is 5.41 Å². The maximum atomic E-state index is 8.56. The van der Waals surface area contributed by atoms with Gasteiger partial charge in [0, 0.05) is 19.1 Å². The Kier molecular flexibility index (Phi) is 2.56. The van der Waals surface area contributed by atoms with Gasteiger partial charge in [0.1, 0.15) is 0 Å². The van der Waals surface area contributed by atoms with Gasteiger partial charge in [0.05, 0.1) is 0 Å². The first kappa shape index (κ1) is 8.61. The molecule has 0 aromatic rings. The second-order valence-electron chi connectivity index (χ2n) is 3.98. The average molecular weight is 150 g/mol. The van der Waals surface area contributed by atoms with E-state index in [0.717, 1.165) is 19.4 Å². The van der Waals surface area contributed by atoms with E-state index in [0.29, 0.717) is 5.41 Å². The molecule has 0 amide bonds. The van der Waals surface area contributed by atoms with Crippen LogP contribution in [0.5, 0.6) is 0 Å². The Morgan fingerprint density at radius 1 is 1.64 bits per heavy atom. The fourth-order valence-electron chi connectivity index (χ4n) is 1.36. The summed E-state index contributed by atoms with van der Waals surface area (Å²) in [5.74, 6) is 2.27. The minimum absolute atomic E-state index is 0.229. The zero-order valence-electron chi connectivity index (χ0n) is 7.35. The highest BCUT2D eigenvalue weighted by molar-refractivity contribution is 6.65. The summed E-state index contributed by atoms with van der Waals surface area (Å²) in [7, 11) is 0. The molecular formula is C8H15BN2. The minimum Gasteiger partial charge on any atom is -0.316 e. The zero-order chi connectivity index (χ0) is 8.32. The van der Waals surface area contributed by atoms with E-state index < -0.39 is 0 Å². The summed E-state index contributed by atoms with van der Waals surface area (Å²) in [5.41, 5.74) is 0.491. The van der Waals surface area contributed by atoms with Crippen molar-refractivity contribution < 1.29 is 0 Å². The van der Waals surface area contributed by atoms with Crippen molar-refractivity contribution in [2.75, 3.05) is 13.1 Å². The molecular weight excluding hydrogens is 135 g/mol. The monoisotopic (exact) mass is 150 g/mol. The van der Waals surface area contributed by atoms with Crippen molar-refractivity contribution in [1.82, 2.24) is 5.32 Å². The van der Waals surface area contributed by atoms with E-state index >= 15 is 0 Å². The first-order valence-corrected chi connectivity index (χ1v) is 4.27. The Hall–Kier alpha value is -0.485. The Morgan fingerprint density at radius 3 is 2.64 bits per heavy atom. The lowest BCUT2D eigenvalue weighted by molar-refractivity contribution is 0.188. The summed E-state index contributed by atoms with van der Waals surface area (Å²) in [6, 6.07) is 0. The van der Waals surface area contributed by atoms with E-state index in [1.807, 2.05) is 6.82 Å². The highest BCUT2D eigenvalue weighted by Crippen LogP contribution is 2.28. The number of nitrogens with one attached hydrogen (secondary N) is 1.